The maximum atomic E-state index is 12.9. The highest BCUT2D eigenvalue weighted by molar-refractivity contribution is 7.81. The summed E-state index contributed by atoms with van der Waals surface area (Å²) in [6, 6.07) is 2.91. The number of thiol groups is 1. The van der Waals surface area contributed by atoms with Gasteiger partial charge in [0.2, 0.25) is 0 Å². The second kappa shape index (κ2) is 3.70. The van der Waals surface area contributed by atoms with Gasteiger partial charge >= 0.3 is 6.18 Å². The Bertz CT molecular complexity index is 363. The summed E-state index contributed by atoms with van der Waals surface area (Å²) < 4.78 is 49.2. The molecule has 0 aliphatic rings. The molecule has 0 N–H and O–H groups in total. The van der Waals surface area contributed by atoms with E-state index in [1.54, 1.807) is 13.8 Å². The van der Waals surface area contributed by atoms with E-state index in [4.69, 9.17) is 0 Å². The minimum Gasteiger partial charge on any atom is -0.206 e. The van der Waals surface area contributed by atoms with Crippen LogP contribution in [-0.4, -0.2) is 0 Å². The van der Waals surface area contributed by atoms with E-state index in [9.17, 15) is 17.6 Å². The predicted octanol–water partition coefficient (Wildman–Crippen LogP) is 4.01. The maximum Gasteiger partial charge on any atom is 0.419 e. The predicted molar refractivity (Wildman–Crippen MR) is 53.4 cm³/mol. The molecule has 15 heavy (non-hydrogen) atoms. The lowest BCUT2D eigenvalue weighted by Gasteiger charge is -2.19. The Labute approximate surface area is 90.7 Å². The van der Waals surface area contributed by atoms with Crippen molar-refractivity contribution in [1.29, 1.82) is 0 Å². The molecule has 0 atom stereocenters. The summed E-state index contributed by atoms with van der Waals surface area (Å²) in [7, 11) is 0. The lowest BCUT2D eigenvalue weighted by molar-refractivity contribution is -0.140. The van der Waals surface area contributed by atoms with Crippen LogP contribution in [-0.2, 0) is 10.9 Å². The number of hydrogen-bond acceptors (Lipinski definition) is 1. The van der Waals surface area contributed by atoms with Gasteiger partial charge in [-0.1, -0.05) is 6.07 Å². The molecule has 0 nitrogen and oxygen atoms in total. The first kappa shape index (κ1) is 12.4. The number of rotatable bonds is 1. The fourth-order valence-electron chi connectivity index (χ4n) is 1.12. The van der Waals surface area contributed by atoms with Gasteiger partial charge in [0, 0.05) is 4.75 Å². The van der Waals surface area contributed by atoms with E-state index in [0.717, 1.165) is 12.1 Å². The van der Waals surface area contributed by atoms with Gasteiger partial charge < -0.3 is 0 Å². The molecule has 1 aromatic carbocycles. The molecular weight excluding hydrogens is 228 g/mol. The van der Waals surface area contributed by atoms with Gasteiger partial charge in [-0.3, -0.25) is 0 Å². The Morgan fingerprint density at radius 2 is 1.67 bits per heavy atom. The average molecular weight is 238 g/mol. The Morgan fingerprint density at radius 3 is 2.07 bits per heavy atom. The highest BCUT2D eigenvalue weighted by Gasteiger charge is 2.35. The molecule has 0 saturated heterocycles. The van der Waals surface area contributed by atoms with Gasteiger partial charge in [0.1, 0.15) is 5.82 Å². The molecule has 1 rings (SSSR count). The summed E-state index contributed by atoms with van der Waals surface area (Å²) in [6.07, 6.45) is -4.67. The van der Waals surface area contributed by atoms with Gasteiger partial charge in [-0.25, -0.2) is 4.39 Å². The van der Waals surface area contributed by atoms with Crippen LogP contribution in [0, 0.1) is 5.82 Å². The quantitative estimate of drug-likeness (QED) is 0.554. The van der Waals surface area contributed by atoms with Gasteiger partial charge in [-0.15, -0.1) is 0 Å². The van der Waals surface area contributed by atoms with Crippen molar-refractivity contribution in [3.8, 4) is 0 Å². The summed E-state index contributed by atoms with van der Waals surface area (Å²) in [5.41, 5.74) is -0.915. The average Bonchev–Trinajstić information content (AvgIpc) is 2.00. The van der Waals surface area contributed by atoms with E-state index in [1.807, 2.05) is 0 Å². The Balaban J connectivity index is 3.30. The SMILES string of the molecule is CC(C)(S)c1ccc(F)c(C(F)(F)F)c1. The second-order valence-corrected chi connectivity index (χ2v) is 4.87. The first-order valence-corrected chi connectivity index (χ1v) is 4.66. The normalized spacial score (nSPS) is 13.0. The van der Waals surface area contributed by atoms with Gasteiger partial charge in [-0.2, -0.15) is 25.8 Å². The van der Waals surface area contributed by atoms with Crippen LogP contribution in [0.25, 0.3) is 0 Å². The van der Waals surface area contributed by atoms with E-state index in [0.29, 0.717) is 5.56 Å². The third kappa shape index (κ3) is 2.87. The van der Waals surface area contributed by atoms with Crippen LogP contribution in [0.3, 0.4) is 0 Å². The van der Waals surface area contributed by atoms with Crippen molar-refractivity contribution in [2.75, 3.05) is 0 Å². The molecule has 0 heterocycles. The monoisotopic (exact) mass is 238 g/mol. The van der Waals surface area contributed by atoms with Crippen molar-refractivity contribution in [3.63, 3.8) is 0 Å². The van der Waals surface area contributed by atoms with E-state index < -0.39 is 22.3 Å². The van der Waals surface area contributed by atoms with Crippen molar-refractivity contribution in [1.82, 2.24) is 0 Å². The first-order chi connectivity index (χ1) is 6.62. The van der Waals surface area contributed by atoms with Crippen molar-refractivity contribution in [3.05, 3.63) is 35.1 Å². The molecule has 84 valence electrons. The van der Waals surface area contributed by atoms with E-state index in [1.165, 1.54) is 6.07 Å². The molecule has 0 aliphatic carbocycles. The summed E-state index contributed by atoms with van der Waals surface area (Å²) in [5, 5.41) is 0. The number of hydrogen-bond donors (Lipinski definition) is 1. The minimum atomic E-state index is -4.67. The highest BCUT2D eigenvalue weighted by atomic mass is 32.1. The van der Waals surface area contributed by atoms with Crippen molar-refractivity contribution < 1.29 is 17.6 Å². The molecule has 5 heteroatoms. The second-order valence-electron chi connectivity index (χ2n) is 3.75. The Kier molecular flexibility index (Phi) is 3.05. The third-order valence-electron chi connectivity index (χ3n) is 1.98. The van der Waals surface area contributed by atoms with E-state index in [-0.39, 0.29) is 0 Å². The molecule has 0 aliphatic heterocycles. The summed E-state index contributed by atoms with van der Waals surface area (Å²) in [5.74, 6) is -1.26. The molecular formula is C10H10F4S. The van der Waals surface area contributed by atoms with E-state index >= 15 is 0 Å². The summed E-state index contributed by atoms with van der Waals surface area (Å²) >= 11 is 4.13. The number of halogens is 4. The third-order valence-corrected chi connectivity index (χ3v) is 2.24. The van der Waals surface area contributed by atoms with Crippen LogP contribution >= 0.6 is 12.6 Å². The van der Waals surface area contributed by atoms with Crippen LogP contribution in [0.15, 0.2) is 18.2 Å². The smallest absolute Gasteiger partial charge is 0.206 e. The van der Waals surface area contributed by atoms with Crippen molar-refractivity contribution in [2.45, 2.75) is 24.8 Å². The number of benzene rings is 1. The zero-order valence-corrected chi connectivity index (χ0v) is 9.09. The van der Waals surface area contributed by atoms with Crippen LogP contribution < -0.4 is 0 Å². The molecule has 0 spiro atoms. The molecule has 0 bridgehead atoms. The van der Waals surface area contributed by atoms with Gasteiger partial charge in [0.15, 0.2) is 0 Å². The highest BCUT2D eigenvalue weighted by Crippen LogP contribution is 2.35. The molecule has 0 aromatic heterocycles. The van der Waals surface area contributed by atoms with Crippen LogP contribution in [0.2, 0.25) is 0 Å². The summed E-state index contributed by atoms with van der Waals surface area (Å²) in [4.78, 5) is 0. The van der Waals surface area contributed by atoms with Crippen molar-refractivity contribution >= 4 is 12.6 Å². The van der Waals surface area contributed by atoms with Gasteiger partial charge in [0.25, 0.3) is 0 Å². The number of alkyl halides is 3. The molecule has 0 fully saturated rings. The fraction of sp³-hybridized carbons (Fsp3) is 0.400. The maximum absolute atomic E-state index is 12.9. The molecule has 0 unspecified atom stereocenters. The fourth-order valence-corrected chi connectivity index (χ4v) is 1.26. The zero-order chi connectivity index (χ0) is 11.9. The Hall–Kier alpha value is -0.710. The van der Waals surface area contributed by atoms with E-state index in [2.05, 4.69) is 12.6 Å². The minimum absolute atomic E-state index is 0.333. The largest absolute Gasteiger partial charge is 0.419 e. The molecule has 0 radical (unpaired) electrons. The van der Waals surface area contributed by atoms with Crippen LogP contribution in [0.1, 0.15) is 25.0 Å². The molecule has 0 saturated carbocycles. The first-order valence-electron chi connectivity index (χ1n) is 4.22. The van der Waals surface area contributed by atoms with Crippen molar-refractivity contribution in [2.24, 2.45) is 0 Å². The van der Waals surface area contributed by atoms with Crippen LogP contribution in [0.4, 0.5) is 17.6 Å². The lowest BCUT2D eigenvalue weighted by Crippen LogP contribution is -2.13. The van der Waals surface area contributed by atoms with Gasteiger partial charge in [0.05, 0.1) is 5.56 Å². The van der Waals surface area contributed by atoms with Gasteiger partial charge in [-0.05, 0) is 31.5 Å². The topological polar surface area (TPSA) is 0 Å². The molecule has 0 amide bonds. The summed E-state index contributed by atoms with van der Waals surface area (Å²) in [6.45, 7) is 3.28. The van der Waals surface area contributed by atoms with Crippen LogP contribution in [0.5, 0.6) is 0 Å². The molecule has 1 aromatic rings. The Morgan fingerprint density at radius 1 is 1.13 bits per heavy atom. The zero-order valence-electron chi connectivity index (χ0n) is 8.19. The lowest BCUT2D eigenvalue weighted by atomic mass is 9.99. The standard InChI is InChI=1S/C10H10F4S/c1-9(2,15)6-3-4-8(11)7(5-6)10(12,13)14/h3-5,15H,1-2H3.